The van der Waals surface area contributed by atoms with Gasteiger partial charge in [-0.25, -0.2) is 18.7 Å². The third-order valence-corrected chi connectivity index (χ3v) is 2.70. The Hall–Kier alpha value is -1.56. The Morgan fingerprint density at radius 2 is 1.93 bits per heavy atom. The average Bonchev–Trinajstić information content (AvgIpc) is 2.68. The molecule has 0 radical (unpaired) electrons. The normalized spacial score (nSPS) is 10.9. The van der Waals surface area contributed by atoms with Crippen LogP contribution in [0, 0.1) is 0 Å². The van der Waals surface area contributed by atoms with Gasteiger partial charge in [0.25, 0.3) is 6.43 Å². The predicted octanol–water partition coefficient (Wildman–Crippen LogP) is 2.72. The number of nitrogens with two attached hydrogens (primary N) is 1. The summed E-state index contributed by atoms with van der Waals surface area (Å²) in [6.45, 7) is 0. The Bertz CT molecular complexity index is 453. The van der Waals surface area contributed by atoms with Crippen molar-refractivity contribution < 1.29 is 8.78 Å². The number of anilines is 1. The first kappa shape index (κ1) is 9.97. The first-order valence-electron chi connectivity index (χ1n) is 4.11. The van der Waals surface area contributed by atoms with Crippen LogP contribution in [0.15, 0.2) is 23.8 Å². The molecule has 0 aromatic carbocycles. The predicted molar refractivity (Wildman–Crippen MR) is 54.7 cm³/mol. The van der Waals surface area contributed by atoms with E-state index in [9.17, 15) is 8.78 Å². The van der Waals surface area contributed by atoms with Crippen molar-refractivity contribution in [2.45, 2.75) is 6.43 Å². The minimum atomic E-state index is -2.45. The second-order valence-electron chi connectivity index (χ2n) is 2.88. The monoisotopic (exact) mass is 227 g/mol. The lowest BCUT2D eigenvalue weighted by Gasteiger charge is -1.95. The van der Waals surface area contributed by atoms with Gasteiger partial charge in [0, 0.05) is 10.9 Å². The number of hydrogen-bond acceptors (Lipinski definition) is 4. The molecule has 3 nitrogen and oxygen atoms in total. The molecule has 0 unspecified atom stereocenters. The molecule has 0 amide bonds. The number of halogens is 2. The van der Waals surface area contributed by atoms with E-state index in [0.717, 1.165) is 11.3 Å². The Labute approximate surface area is 88.6 Å². The lowest BCUT2D eigenvalue weighted by Crippen LogP contribution is -1.91. The smallest absolute Gasteiger partial charge is 0.272 e. The number of hydrogen-bond donors (Lipinski definition) is 1. The fourth-order valence-electron chi connectivity index (χ4n) is 1.07. The molecule has 2 aromatic heterocycles. The van der Waals surface area contributed by atoms with Gasteiger partial charge in [0.1, 0.15) is 0 Å². The highest BCUT2D eigenvalue weighted by atomic mass is 32.1. The Kier molecular flexibility index (Phi) is 2.59. The van der Waals surface area contributed by atoms with Crippen molar-refractivity contribution in [1.29, 1.82) is 0 Å². The second-order valence-corrected chi connectivity index (χ2v) is 3.82. The van der Waals surface area contributed by atoms with E-state index in [1.165, 1.54) is 18.5 Å². The van der Waals surface area contributed by atoms with Crippen LogP contribution in [0.2, 0.25) is 0 Å². The topological polar surface area (TPSA) is 51.8 Å². The molecule has 0 bridgehead atoms. The number of alkyl halides is 2. The molecule has 0 fully saturated rings. The minimum absolute atomic E-state index is 0.0189. The minimum Gasteiger partial charge on any atom is -0.396 e. The van der Waals surface area contributed by atoms with Crippen molar-refractivity contribution in [3.63, 3.8) is 0 Å². The number of thiophene rings is 1. The summed E-state index contributed by atoms with van der Waals surface area (Å²) in [5, 5.41) is 1.60. The molecule has 6 heteroatoms. The zero-order valence-electron chi connectivity index (χ0n) is 7.52. The average molecular weight is 227 g/mol. The first-order valence-corrected chi connectivity index (χ1v) is 4.99. The van der Waals surface area contributed by atoms with Crippen molar-refractivity contribution in [2.24, 2.45) is 0 Å². The van der Waals surface area contributed by atoms with Crippen LogP contribution in [0.1, 0.15) is 11.3 Å². The second kappa shape index (κ2) is 3.90. The summed E-state index contributed by atoms with van der Waals surface area (Å²) in [6, 6.07) is 1.39. The van der Waals surface area contributed by atoms with Gasteiger partial charge in [-0.1, -0.05) is 0 Å². The van der Waals surface area contributed by atoms with Crippen LogP contribution in [0.3, 0.4) is 0 Å². The third kappa shape index (κ3) is 2.10. The summed E-state index contributed by atoms with van der Waals surface area (Å²) in [4.78, 5) is 7.91. The summed E-state index contributed by atoms with van der Waals surface area (Å²) in [5.74, 6) is 0.410. The molecule has 0 saturated carbocycles. The van der Waals surface area contributed by atoms with Gasteiger partial charge in [0.15, 0.2) is 5.82 Å². The summed E-state index contributed by atoms with van der Waals surface area (Å²) >= 11 is 0.995. The highest BCUT2D eigenvalue weighted by molar-refractivity contribution is 7.10. The van der Waals surface area contributed by atoms with Crippen molar-refractivity contribution in [3.05, 3.63) is 28.7 Å². The Morgan fingerprint density at radius 1 is 1.27 bits per heavy atom. The lowest BCUT2D eigenvalue weighted by molar-refractivity contribution is 0.155. The summed E-state index contributed by atoms with van der Waals surface area (Å²) in [7, 11) is 0. The third-order valence-electron chi connectivity index (χ3n) is 1.76. The van der Waals surface area contributed by atoms with Crippen LogP contribution in [-0.2, 0) is 0 Å². The molecule has 2 N–H and O–H groups in total. The van der Waals surface area contributed by atoms with Crippen molar-refractivity contribution in [3.8, 4) is 11.4 Å². The lowest BCUT2D eigenvalue weighted by atomic mass is 10.3. The molecule has 0 aliphatic carbocycles. The van der Waals surface area contributed by atoms with Gasteiger partial charge in [0.05, 0.1) is 23.0 Å². The molecule has 0 saturated heterocycles. The van der Waals surface area contributed by atoms with Crippen molar-refractivity contribution >= 4 is 17.0 Å². The van der Waals surface area contributed by atoms with E-state index >= 15 is 0 Å². The molecule has 78 valence electrons. The zero-order valence-corrected chi connectivity index (χ0v) is 8.34. The van der Waals surface area contributed by atoms with Gasteiger partial charge in [0.2, 0.25) is 0 Å². The Morgan fingerprint density at radius 3 is 2.47 bits per heavy atom. The van der Waals surface area contributed by atoms with Gasteiger partial charge >= 0.3 is 0 Å². The summed E-state index contributed by atoms with van der Waals surface area (Å²) < 4.78 is 24.6. The van der Waals surface area contributed by atoms with E-state index in [1.54, 1.807) is 5.38 Å². The highest BCUT2D eigenvalue weighted by Crippen LogP contribution is 2.29. The van der Waals surface area contributed by atoms with E-state index in [2.05, 4.69) is 9.97 Å². The molecule has 0 aliphatic heterocycles. The summed E-state index contributed by atoms with van der Waals surface area (Å²) in [5.41, 5.74) is 6.46. The highest BCUT2D eigenvalue weighted by Gasteiger charge is 2.12. The maximum atomic E-state index is 12.3. The fourth-order valence-corrected chi connectivity index (χ4v) is 1.81. The number of aromatic nitrogens is 2. The van der Waals surface area contributed by atoms with Crippen LogP contribution >= 0.6 is 11.3 Å². The molecular weight excluding hydrogens is 220 g/mol. The molecule has 0 spiro atoms. The van der Waals surface area contributed by atoms with Crippen LogP contribution in [0.4, 0.5) is 14.5 Å². The molecule has 15 heavy (non-hydrogen) atoms. The zero-order chi connectivity index (χ0) is 10.8. The Balaban J connectivity index is 2.33. The SMILES string of the molecule is Nc1cnc(-c2csc(C(F)F)c2)nc1. The van der Waals surface area contributed by atoms with Gasteiger partial charge in [-0.3, -0.25) is 0 Å². The molecule has 2 rings (SSSR count). The van der Waals surface area contributed by atoms with Gasteiger partial charge in [-0.2, -0.15) is 0 Å². The van der Waals surface area contributed by atoms with Gasteiger partial charge in [-0.05, 0) is 6.07 Å². The van der Waals surface area contributed by atoms with Gasteiger partial charge in [-0.15, -0.1) is 11.3 Å². The van der Waals surface area contributed by atoms with Crippen LogP contribution in [0.5, 0.6) is 0 Å². The van der Waals surface area contributed by atoms with E-state index in [0.29, 0.717) is 17.1 Å². The maximum Gasteiger partial charge on any atom is 0.272 e. The fraction of sp³-hybridized carbons (Fsp3) is 0.111. The molecule has 0 atom stereocenters. The van der Waals surface area contributed by atoms with Crippen molar-refractivity contribution in [2.75, 3.05) is 5.73 Å². The van der Waals surface area contributed by atoms with Crippen molar-refractivity contribution in [1.82, 2.24) is 9.97 Å². The first-order chi connectivity index (χ1) is 7.16. The van der Waals surface area contributed by atoms with E-state index in [-0.39, 0.29) is 4.88 Å². The quantitative estimate of drug-likeness (QED) is 0.858. The van der Waals surface area contributed by atoms with E-state index in [1.807, 2.05) is 0 Å². The maximum absolute atomic E-state index is 12.3. The number of nitrogens with zero attached hydrogens (tertiary/aromatic N) is 2. The van der Waals surface area contributed by atoms with E-state index < -0.39 is 6.43 Å². The largest absolute Gasteiger partial charge is 0.396 e. The standard InChI is InChI=1S/C9H7F2N3S/c10-8(11)7-1-5(4-15-7)9-13-2-6(12)3-14-9/h1-4,8H,12H2. The van der Waals surface area contributed by atoms with E-state index in [4.69, 9.17) is 5.73 Å². The molecule has 0 aliphatic rings. The van der Waals surface area contributed by atoms with Crippen LogP contribution in [-0.4, -0.2) is 9.97 Å². The van der Waals surface area contributed by atoms with Crippen LogP contribution in [0.25, 0.3) is 11.4 Å². The molecular formula is C9H7F2N3S. The molecule has 2 aromatic rings. The number of rotatable bonds is 2. The van der Waals surface area contributed by atoms with Crippen LogP contribution < -0.4 is 5.73 Å². The molecule has 2 heterocycles. The number of nitrogen functional groups attached to an aromatic ring is 1. The summed E-state index contributed by atoms with van der Waals surface area (Å²) in [6.07, 6.45) is 0.446. The van der Waals surface area contributed by atoms with Gasteiger partial charge < -0.3 is 5.73 Å².